The molecule has 0 amide bonds. The van der Waals surface area contributed by atoms with Gasteiger partial charge in [-0.2, -0.15) is 0 Å². The third kappa shape index (κ3) is 3.30. The van der Waals surface area contributed by atoms with Crippen LogP contribution in [0.15, 0.2) is 42.5 Å². The summed E-state index contributed by atoms with van der Waals surface area (Å²) in [5, 5.41) is 20.7. The predicted octanol–water partition coefficient (Wildman–Crippen LogP) is 3.37. The number of carbonyl (C=O) groups is 1. The number of hydrogen-bond acceptors (Lipinski definition) is 5. The molecule has 0 unspecified atom stereocenters. The van der Waals surface area contributed by atoms with Gasteiger partial charge in [0.25, 0.3) is 0 Å². The van der Waals surface area contributed by atoms with E-state index in [1.54, 1.807) is 19.9 Å². The van der Waals surface area contributed by atoms with Crippen LogP contribution in [0.4, 0.5) is 0 Å². The average molecular weight is 354 g/mol. The van der Waals surface area contributed by atoms with Gasteiger partial charge in [0.2, 0.25) is 0 Å². The number of aliphatic hydroxyl groups excluding tert-OH is 1. The number of hydrogen-bond donors (Lipinski definition) is 2. The zero-order valence-corrected chi connectivity index (χ0v) is 15.0. The Kier molecular flexibility index (Phi) is 4.74. The first-order valence-corrected chi connectivity index (χ1v) is 8.41. The van der Waals surface area contributed by atoms with E-state index in [1.807, 2.05) is 30.3 Å². The van der Waals surface area contributed by atoms with E-state index in [0.717, 1.165) is 5.56 Å². The van der Waals surface area contributed by atoms with Crippen molar-refractivity contribution in [1.29, 1.82) is 0 Å². The zero-order chi connectivity index (χ0) is 18.9. The molecule has 5 heteroatoms. The van der Waals surface area contributed by atoms with Gasteiger partial charge in [-0.05, 0) is 25.5 Å². The summed E-state index contributed by atoms with van der Waals surface area (Å²) in [5.74, 6) is 0.0587. The van der Waals surface area contributed by atoms with Gasteiger partial charge in [-0.3, -0.25) is 4.79 Å². The highest BCUT2D eigenvalue weighted by Gasteiger charge is 2.40. The van der Waals surface area contributed by atoms with Gasteiger partial charge in [-0.15, -0.1) is 0 Å². The van der Waals surface area contributed by atoms with Crippen molar-refractivity contribution >= 4 is 11.9 Å². The average Bonchev–Trinajstić information content (AvgIpc) is 2.61. The van der Waals surface area contributed by atoms with Crippen molar-refractivity contribution in [2.45, 2.75) is 32.0 Å². The lowest BCUT2D eigenvalue weighted by atomic mass is 9.88. The molecule has 0 radical (unpaired) electrons. The smallest absolute Gasteiger partial charge is 0.193 e. The molecule has 2 aromatic rings. The maximum absolute atomic E-state index is 12.8. The first-order chi connectivity index (χ1) is 12.3. The van der Waals surface area contributed by atoms with Crippen molar-refractivity contribution in [3.8, 4) is 17.2 Å². The summed E-state index contributed by atoms with van der Waals surface area (Å²) in [6.45, 7) is 3.48. The Hall–Kier alpha value is -2.79. The SMILES string of the molecule is COc1cc(O)c(C(=O)C=Cc2ccccc2)c2c1C[C@H](O)C(C)(C)O2. The molecule has 2 N–H and O–H groups in total. The largest absolute Gasteiger partial charge is 0.507 e. The number of rotatable bonds is 4. The van der Waals surface area contributed by atoms with Gasteiger partial charge in [0.15, 0.2) is 5.78 Å². The highest BCUT2D eigenvalue weighted by molar-refractivity contribution is 6.11. The third-order valence-corrected chi connectivity index (χ3v) is 4.58. The second-order valence-corrected chi connectivity index (χ2v) is 6.81. The van der Waals surface area contributed by atoms with E-state index >= 15 is 0 Å². The Morgan fingerprint density at radius 3 is 2.65 bits per heavy atom. The molecule has 5 nitrogen and oxygen atoms in total. The molecule has 136 valence electrons. The number of aliphatic hydroxyl groups is 1. The molecule has 0 saturated carbocycles. The molecule has 1 aliphatic heterocycles. The molecule has 0 aromatic heterocycles. The molecule has 1 aliphatic rings. The first-order valence-electron chi connectivity index (χ1n) is 8.41. The van der Waals surface area contributed by atoms with Crippen LogP contribution in [0.2, 0.25) is 0 Å². The Morgan fingerprint density at radius 2 is 2.00 bits per heavy atom. The van der Waals surface area contributed by atoms with E-state index < -0.39 is 11.7 Å². The Labute approximate surface area is 152 Å². The fraction of sp³-hybridized carbons (Fsp3) is 0.286. The highest BCUT2D eigenvalue weighted by atomic mass is 16.5. The third-order valence-electron chi connectivity index (χ3n) is 4.58. The number of phenols is 1. The summed E-state index contributed by atoms with van der Waals surface area (Å²) < 4.78 is 11.2. The Bertz CT molecular complexity index is 852. The topological polar surface area (TPSA) is 76.0 Å². The number of ketones is 1. The number of methoxy groups -OCH3 is 1. The van der Waals surface area contributed by atoms with Gasteiger partial charge in [-0.25, -0.2) is 0 Å². The first kappa shape index (κ1) is 18.0. The van der Waals surface area contributed by atoms with Gasteiger partial charge in [-0.1, -0.05) is 36.4 Å². The molecule has 2 aromatic carbocycles. The van der Waals surface area contributed by atoms with Crippen LogP contribution in [0.1, 0.15) is 35.3 Å². The maximum Gasteiger partial charge on any atom is 0.193 e. The van der Waals surface area contributed by atoms with Gasteiger partial charge >= 0.3 is 0 Å². The number of aromatic hydroxyl groups is 1. The quantitative estimate of drug-likeness (QED) is 0.650. The lowest BCUT2D eigenvalue weighted by Crippen LogP contribution is -2.46. The predicted molar refractivity (Wildman–Crippen MR) is 98.9 cm³/mol. The Morgan fingerprint density at radius 1 is 1.31 bits per heavy atom. The van der Waals surface area contributed by atoms with Crippen LogP contribution in [0.5, 0.6) is 17.2 Å². The van der Waals surface area contributed by atoms with Crippen molar-refractivity contribution in [3.05, 3.63) is 59.2 Å². The minimum atomic E-state index is -0.885. The molecule has 0 aliphatic carbocycles. The fourth-order valence-corrected chi connectivity index (χ4v) is 2.98. The number of ether oxygens (including phenoxy) is 2. The van der Waals surface area contributed by atoms with Crippen LogP contribution in [0, 0.1) is 0 Å². The number of fused-ring (bicyclic) bond motifs is 1. The molecule has 0 saturated heterocycles. The van der Waals surface area contributed by atoms with Crippen LogP contribution in [-0.2, 0) is 6.42 Å². The van der Waals surface area contributed by atoms with E-state index in [9.17, 15) is 15.0 Å². The van der Waals surface area contributed by atoms with Gasteiger partial charge < -0.3 is 19.7 Å². The number of carbonyl (C=O) groups excluding carboxylic acids is 1. The second-order valence-electron chi connectivity index (χ2n) is 6.81. The van der Waals surface area contributed by atoms with Crippen LogP contribution in [0.3, 0.4) is 0 Å². The molecule has 0 bridgehead atoms. The molecule has 0 fully saturated rings. The number of allylic oxidation sites excluding steroid dienone is 1. The summed E-state index contributed by atoms with van der Waals surface area (Å²) in [7, 11) is 1.47. The summed E-state index contributed by atoms with van der Waals surface area (Å²) in [6.07, 6.45) is 2.60. The molecule has 1 atom stereocenters. The van der Waals surface area contributed by atoms with Crippen LogP contribution < -0.4 is 9.47 Å². The summed E-state index contributed by atoms with van der Waals surface area (Å²) in [4.78, 5) is 12.8. The second kappa shape index (κ2) is 6.84. The van der Waals surface area contributed by atoms with Crippen molar-refractivity contribution in [1.82, 2.24) is 0 Å². The van der Waals surface area contributed by atoms with E-state index in [-0.39, 0.29) is 29.3 Å². The minimum absolute atomic E-state index is 0.0768. The monoisotopic (exact) mass is 354 g/mol. The van der Waals surface area contributed by atoms with E-state index in [4.69, 9.17) is 9.47 Å². The summed E-state index contributed by atoms with van der Waals surface area (Å²) in [5.41, 5.74) is 0.644. The summed E-state index contributed by atoms with van der Waals surface area (Å²) >= 11 is 0. The molecular formula is C21H22O5. The lowest BCUT2D eigenvalue weighted by Gasteiger charge is -2.38. The van der Waals surface area contributed by atoms with E-state index in [2.05, 4.69) is 0 Å². The molecule has 26 heavy (non-hydrogen) atoms. The Balaban J connectivity index is 2.06. The number of benzene rings is 2. The van der Waals surface area contributed by atoms with E-state index in [0.29, 0.717) is 11.3 Å². The molecule has 3 rings (SSSR count). The van der Waals surface area contributed by atoms with Crippen LogP contribution in [0.25, 0.3) is 6.08 Å². The van der Waals surface area contributed by atoms with E-state index in [1.165, 1.54) is 19.3 Å². The van der Waals surface area contributed by atoms with Crippen molar-refractivity contribution in [2.24, 2.45) is 0 Å². The lowest BCUT2D eigenvalue weighted by molar-refractivity contribution is -0.0421. The van der Waals surface area contributed by atoms with Crippen molar-refractivity contribution in [2.75, 3.05) is 7.11 Å². The van der Waals surface area contributed by atoms with Crippen LogP contribution in [-0.4, -0.2) is 34.8 Å². The maximum atomic E-state index is 12.8. The summed E-state index contributed by atoms with van der Waals surface area (Å²) in [6, 6.07) is 10.8. The highest BCUT2D eigenvalue weighted by Crippen LogP contribution is 2.45. The zero-order valence-electron chi connectivity index (χ0n) is 15.0. The number of phenolic OH excluding ortho intramolecular Hbond substituents is 1. The van der Waals surface area contributed by atoms with Gasteiger partial charge in [0, 0.05) is 18.1 Å². The van der Waals surface area contributed by atoms with Crippen molar-refractivity contribution < 1.29 is 24.5 Å². The normalized spacial score (nSPS) is 18.2. The molecular weight excluding hydrogens is 332 g/mol. The molecule has 1 heterocycles. The van der Waals surface area contributed by atoms with Gasteiger partial charge in [0.1, 0.15) is 28.4 Å². The minimum Gasteiger partial charge on any atom is -0.507 e. The van der Waals surface area contributed by atoms with Crippen LogP contribution >= 0.6 is 0 Å². The van der Waals surface area contributed by atoms with Crippen molar-refractivity contribution in [3.63, 3.8) is 0 Å². The molecule has 0 spiro atoms. The standard InChI is InChI=1S/C21H22O5/c1-21(2)18(24)11-14-17(25-3)12-16(23)19(20(14)26-21)15(22)10-9-13-7-5-4-6-8-13/h4-10,12,18,23-24H,11H2,1-3H3/t18-/m0/s1. The van der Waals surface area contributed by atoms with Gasteiger partial charge in [0.05, 0.1) is 13.2 Å². The fourth-order valence-electron chi connectivity index (χ4n) is 2.98.